The number of carbonyl (C=O) groups excluding carboxylic acids is 1. The largest absolute Gasteiger partial charge is 0.478 e. The highest BCUT2D eigenvalue weighted by molar-refractivity contribution is 5.91. The molecule has 1 fully saturated rings. The van der Waals surface area contributed by atoms with Crippen LogP contribution in [0.4, 0.5) is 10.1 Å². The summed E-state index contributed by atoms with van der Waals surface area (Å²) in [4.78, 5) is 23.3. The molecule has 0 heterocycles. The summed E-state index contributed by atoms with van der Waals surface area (Å²) in [5.74, 6) is -2.11. The highest BCUT2D eigenvalue weighted by Crippen LogP contribution is 2.33. The predicted octanol–water partition coefficient (Wildman–Crippen LogP) is 1.96. The number of carboxylic acid groups (broad SMARTS) is 1. The minimum atomic E-state index is -1.33. The summed E-state index contributed by atoms with van der Waals surface area (Å²) >= 11 is 0. The Hall–Kier alpha value is -1.91. The van der Waals surface area contributed by atoms with Crippen LogP contribution in [0.25, 0.3) is 0 Å². The van der Waals surface area contributed by atoms with Crippen LogP contribution >= 0.6 is 0 Å². The Morgan fingerprint density at radius 3 is 2.65 bits per heavy atom. The van der Waals surface area contributed by atoms with E-state index in [2.05, 4.69) is 0 Å². The SMILES string of the molecule is Cc1cc(F)c(C(=O)O)cc1N(C=O)C1CC1. The number of benzene rings is 1. The molecule has 1 saturated carbocycles. The van der Waals surface area contributed by atoms with Gasteiger partial charge in [0.1, 0.15) is 5.82 Å². The van der Waals surface area contributed by atoms with Crippen molar-refractivity contribution < 1.29 is 19.1 Å². The van der Waals surface area contributed by atoms with E-state index in [4.69, 9.17) is 5.11 Å². The summed E-state index contributed by atoms with van der Waals surface area (Å²) in [7, 11) is 0. The van der Waals surface area contributed by atoms with Gasteiger partial charge in [0.2, 0.25) is 6.41 Å². The van der Waals surface area contributed by atoms with Crippen molar-refractivity contribution in [2.45, 2.75) is 25.8 Å². The molecule has 1 aliphatic rings. The second-order valence-corrected chi connectivity index (χ2v) is 4.17. The summed E-state index contributed by atoms with van der Waals surface area (Å²) in [6, 6.07) is 2.50. The van der Waals surface area contributed by atoms with E-state index in [1.54, 1.807) is 6.92 Å². The van der Waals surface area contributed by atoms with Crippen molar-refractivity contribution >= 4 is 18.1 Å². The predicted molar refractivity (Wildman–Crippen MR) is 59.7 cm³/mol. The third kappa shape index (κ3) is 2.13. The topological polar surface area (TPSA) is 57.6 Å². The average molecular weight is 237 g/mol. The summed E-state index contributed by atoms with van der Waals surface area (Å²) in [6.45, 7) is 1.66. The second kappa shape index (κ2) is 4.16. The highest BCUT2D eigenvalue weighted by atomic mass is 19.1. The maximum Gasteiger partial charge on any atom is 0.338 e. The van der Waals surface area contributed by atoms with E-state index in [-0.39, 0.29) is 6.04 Å². The van der Waals surface area contributed by atoms with Crippen LogP contribution in [0.3, 0.4) is 0 Å². The number of rotatable bonds is 4. The van der Waals surface area contributed by atoms with Crippen LogP contribution in [0.1, 0.15) is 28.8 Å². The number of hydrogen-bond donors (Lipinski definition) is 1. The van der Waals surface area contributed by atoms with Gasteiger partial charge in [-0.1, -0.05) is 0 Å². The Bertz CT molecular complexity index is 483. The lowest BCUT2D eigenvalue weighted by atomic mass is 10.1. The minimum absolute atomic E-state index is 0.123. The first kappa shape index (κ1) is 11.6. The van der Waals surface area contributed by atoms with Crippen LogP contribution in [0.15, 0.2) is 12.1 Å². The van der Waals surface area contributed by atoms with Gasteiger partial charge in [-0.25, -0.2) is 9.18 Å². The van der Waals surface area contributed by atoms with Gasteiger partial charge in [-0.3, -0.25) is 4.79 Å². The maximum absolute atomic E-state index is 13.4. The highest BCUT2D eigenvalue weighted by Gasteiger charge is 2.30. The average Bonchev–Trinajstić information content (AvgIpc) is 3.05. The molecule has 0 radical (unpaired) electrons. The molecule has 4 nitrogen and oxygen atoms in total. The molecule has 0 unspecified atom stereocenters. The number of carboxylic acids is 1. The van der Waals surface area contributed by atoms with Crippen molar-refractivity contribution in [2.24, 2.45) is 0 Å². The van der Waals surface area contributed by atoms with Crippen molar-refractivity contribution in [1.82, 2.24) is 0 Å². The van der Waals surface area contributed by atoms with Crippen molar-refractivity contribution in [3.8, 4) is 0 Å². The van der Waals surface area contributed by atoms with Gasteiger partial charge >= 0.3 is 5.97 Å². The first-order valence-electron chi connectivity index (χ1n) is 5.31. The van der Waals surface area contributed by atoms with E-state index < -0.39 is 17.3 Å². The molecule has 0 aromatic heterocycles. The molecule has 1 aromatic rings. The number of hydrogen-bond acceptors (Lipinski definition) is 2. The lowest BCUT2D eigenvalue weighted by molar-refractivity contribution is -0.107. The smallest absolute Gasteiger partial charge is 0.338 e. The quantitative estimate of drug-likeness (QED) is 0.814. The van der Waals surface area contributed by atoms with Gasteiger partial charge in [0.05, 0.1) is 5.56 Å². The molecule has 0 bridgehead atoms. The fraction of sp³-hybridized carbons (Fsp3) is 0.333. The van der Waals surface area contributed by atoms with E-state index in [9.17, 15) is 14.0 Å². The maximum atomic E-state index is 13.4. The van der Waals surface area contributed by atoms with Crippen molar-refractivity contribution in [3.63, 3.8) is 0 Å². The summed E-state index contributed by atoms with van der Waals surface area (Å²) in [5, 5.41) is 8.84. The van der Waals surface area contributed by atoms with Gasteiger partial charge in [0.15, 0.2) is 0 Å². The Morgan fingerprint density at radius 2 is 2.18 bits per heavy atom. The normalized spacial score (nSPS) is 14.5. The van der Waals surface area contributed by atoms with Crippen LogP contribution in [0.5, 0.6) is 0 Å². The van der Waals surface area contributed by atoms with Gasteiger partial charge < -0.3 is 10.0 Å². The molecular formula is C12H12FNO3. The summed E-state index contributed by atoms with van der Waals surface area (Å²) in [6.07, 6.45) is 2.47. The minimum Gasteiger partial charge on any atom is -0.478 e. The van der Waals surface area contributed by atoms with Crippen LogP contribution in [-0.2, 0) is 4.79 Å². The molecule has 17 heavy (non-hydrogen) atoms. The Balaban J connectivity index is 2.48. The standard InChI is InChI=1S/C12H12FNO3/c1-7-4-10(13)9(12(16)17)5-11(7)14(6-15)8-2-3-8/h4-6,8H,2-3H2,1H3,(H,16,17). The third-order valence-corrected chi connectivity index (χ3v) is 2.85. The van der Waals surface area contributed by atoms with Crippen LogP contribution in [0, 0.1) is 12.7 Å². The van der Waals surface area contributed by atoms with Crippen molar-refractivity contribution in [2.75, 3.05) is 4.90 Å². The summed E-state index contributed by atoms with van der Waals surface area (Å²) < 4.78 is 13.4. The number of aryl methyl sites for hydroxylation is 1. The van der Waals surface area contributed by atoms with Crippen LogP contribution in [-0.4, -0.2) is 23.5 Å². The zero-order valence-electron chi connectivity index (χ0n) is 9.31. The Labute approximate surface area is 97.7 Å². The number of amides is 1. The Kier molecular flexibility index (Phi) is 2.83. The molecule has 1 amide bonds. The van der Waals surface area contributed by atoms with Crippen LogP contribution in [0.2, 0.25) is 0 Å². The number of halogens is 1. The third-order valence-electron chi connectivity index (χ3n) is 2.85. The fourth-order valence-electron chi connectivity index (χ4n) is 1.80. The molecule has 1 N–H and O–H groups in total. The van der Waals surface area contributed by atoms with Crippen molar-refractivity contribution in [1.29, 1.82) is 0 Å². The lowest BCUT2D eigenvalue weighted by Crippen LogP contribution is -2.24. The molecule has 0 spiro atoms. The van der Waals surface area contributed by atoms with E-state index >= 15 is 0 Å². The first-order chi connectivity index (χ1) is 8.04. The van der Waals surface area contributed by atoms with E-state index in [0.717, 1.165) is 18.9 Å². The molecular weight excluding hydrogens is 225 g/mol. The fourth-order valence-corrected chi connectivity index (χ4v) is 1.80. The van der Waals surface area contributed by atoms with E-state index in [0.29, 0.717) is 17.7 Å². The summed E-state index contributed by atoms with van der Waals surface area (Å²) in [5.41, 5.74) is 0.630. The molecule has 0 atom stereocenters. The van der Waals surface area contributed by atoms with Gasteiger partial charge in [-0.2, -0.15) is 0 Å². The van der Waals surface area contributed by atoms with Gasteiger partial charge in [-0.05, 0) is 37.5 Å². The molecule has 2 rings (SSSR count). The zero-order valence-corrected chi connectivity index (χ0v) is 9.31. The molecule has 1 aromatic carbocycles. The number of aromatic carboxylic acids is 1. The monoisotopic (exact) mass is 237 g/mol. The second-order valence-electron chi connectivity index (χ2n) is 4.17. The lowest BCUT2D eigenvalue weighted by Gasteiger charge is -2.19. The van der Waals surface area contributed by atoms with Crippen molar-refractivity contribution in [3.05, 3.63) is 29.1 Å². The number of carbonyl (C=O) groups is 2. The molecule has 0 saturated heterocycles. The number of anilines is 1. The zero-order chi connectivity index (χ0) is 12.6. The van der Waals surface area contributed by atoms with Gasteiger partial charge in [0.25, 0.3) is 0 Å². The number of nitrogens with zero attached hydrogens (tertiary/aromatic N) is 1. The van der Waals surface area contributed by atoms with Gasteiger partial charge in [-0.15, -0.1) is 0 Å². The van der Waals surface area contributed by atoms with Crippen LogP contribution < -0.4 is 4.90 Å². The van der Waals surface area contributed by atoms with E-state index in [1.165, 1.54) is 11.0 Å². The Morgan fingerprint density at radius 1 is 1.53 bits per heavy atom. The molecule has 5 heteroatoms. The van der Waals surface area contributed by atoms with Gasteiger partial charge in [0, 0.05) is 11.7 Å². The molecule has 0 aliphatic heterocycles. The molecule has 90 valence electrons. The van der Waals surface area contributed by atoms with E-state index in [1.807, 2.05) is 0 Å². The first-order valence-corrected chi connectivity index (χ1v) is 5.31. The molecule has 1 aliphatic carbocycles.